The van der Waals surface area contributed by atoms with Crippen LogP contribution in [0.4, 0.5) is 0 Å². The number of nitrogens with zero attached hydrogens (tertiary/aromatic N) is 2. The highest BCUT2D eigenvalue weighted by Crippen LogP contribution is 2.21. The van der Waals surface area contributed by atoms with Gasteiger partial charge in [-0.1, -0.05) is 0 Å². The maximum Gasteiger partial charge on any atom is 0.123 e. The van der Waals surface area contributed by atoms with Gasteiger partial charge >= 0.3 is 0 Å². The lowest BCUT2D eigenvalue weighted by atomic mass is 10.1. The van der Waals surface area contributed by atoms with Crippen LogP contribution in [0.2, 0.25) is 0 Å². The van der Waals surface area contributed by atoms with E-state index in [0.717, 1.165) is 11.3 Å². The Kier molecular flexibility index (Phi) is 4.95. The summed E-state index contributed by atoms with van der Waals surface area (Å²) in [4.78, 5) is 1.99. The molecule has 0 heterocycles. The first-order valence-corrected chi connectivity index (χ1v) is 5.50. The number of methoxy groups -OCH3 is 1. The number of hydrogen-bond donors (Lipinski definition) is 1. The van der Waals surface area contributed by atoms with E-state index in [1.807, 2.05) is 18.0 Å². The van der Waals surface area contributed by atoms with Crippen LogP contribution >= 0.6 is 0 Å². The summed E-state index contributed by atoms with van der Waals surface area (Å²) >= 11 is 0. The third kappa shape index (κ3) is 4.06. The van der Waals surface area contributed by atoms with E-state index in [1.165, 1.54) is 0 Å². The number of aliphatic hydroxyl groups is 1. The summed E-state index contributed by atoms with van der Waals surface area (Å²) in [5.41, 5.74) is 1.57. The molecule has 1 aromatic carbocycles. The number of hydrogen-bond acceptors (Lipinski definition) is 4. The van der Waals surface area contributed by atoms with Crippen LogP contribution in [0.5, 0.6) is 5.75 Å². The Labute approximate surface area is 102 Å². The fourth-order valence-electron chi connectivity index (χ4n) is 1.78. The van der Waals surface area contributed by atoms with E-state index in [-0.39, 0.29) is 6.10 Å². The average molecular weight is 234 g/mol. The van der Waals surface area contributed by atoms with Crippen LogP contribution in [0.1, 0.15) is 18.1 Å². The highest BCUT2D eigenvalue weighted by molar-refractivity contribution is 5.41. The predicted octanol–water partition coefficient (Wildman–Crippen LogP) is 1.38. The van der Waals surface area contributed by atoms with Crippen LogP contribution in [-0.4, -0.2) is 36.8 Å². The van der Waals surface area contributed by atoms with E-state index >= 15 is 0 Å². The van der Waals surface area contributed by atoms with Gasteiger partial charge in [0.2, 0.25) is 0 Å². The lowest BCUT2D eigenvalue weighted by molar-refractivity contribution is 0.138. The first-order valence-electron chi connectivity index (χ1n) is 5.50. The van der Waals surface area contributed by atoms with Crippen LogP contribution in [0, 0.1) is 11.3 Å². The molecule has 0 fully saturated rings. The Balaban J connectivity index is 2.84. The molecular formula is C13H18N2O2. The van der Waals surface area contributed by atoms with Gasteiger partial charge in [-0.3, -0.25) is 4.90 Å². The van der Waals surface area contributed by atoms with Gasteiger partial charge in [-0.25, -0.2) is 0 Å². The monoisotopic (exact) mass is 234 g/mol. The minimum Gasteiger partial charge on any atom is -0.496 e. The molecule has 92 valence electrons. The first-order chi connectivity index (χ1) is 8.06. The van der Waals surface area contributed by atoms with Crippen molar-refractivity contribution < 1.29 is 9.84 Å². The maximum absolute atomic E-state index is 9.30. The lowest BCUT2D eigenvalue weighted by Crippen LogP contribution is -2.26. The lowest BCUT2D eigenvalue weighted by Gasteiger charge is -2.19. The Morgan fingerprint density at radius 1 is 1.53 bits per heavy atom. The van der Waals surface area contributed by atoms with Crippen molar-refractivity contribution in [1.82, 2.24) is 4.90 Å². The van der Waals surface area contributed by atoms with Gasteiger partial charge in [0.1, 0.15) is 5.75 Å². The Bertz CT molecular complexity index is 410. The molecule has 0 aliphatic heterocycles. The highest BCUT2D eigenvalue weighted by atomic mass is 16.5. The molecule has 0 aliphatic carbocycles. The van der Waals surface area contributed by atoms with Gasteiger partial charge < -0.3 is 9.84 Å². The van der Waals surface area contributed by atoms with E-state index < -0.39 is 0 Å². The summed E-state index contributed by atoms with van der Waals surface area (Å²) in [7, 11) is 3.53. The zero-order chi connectivity index (χ0) is 12.8. The van der Waals surface area contributed by atoms with Crippen molar-refractivity contribution in [2.24, 2.45) is 0 Å². The van der Waals surface area contributed by atoms with E-state index in [0.29, 0.717) is 18.7 Å². The smallest absolute Gasteiger partial charge is 0.123 e. The second-order valence-electron chi connectivity index (χ2n) is 4.18. The first kappa shape index (κ1) is 13.5. The molecule has 1 atom stereocenters. The summed E-state index contributed by atoms with van der Waals surface area (Å²) in [6.07, 6.45) is -0.370. The quantitative estimate of drug-likeness (QED) is 0.836. The van der Waals surface area contributed by atoms with Gasteiger partial charge in [-0.2, -0.15) is 5.26 Å². The van der Waals surface area contributed by atoms with Crippen LogP contribution in [0.25, 0.3) is 0 Å². The second-order valence-corrected chi connectivity index (χ2v) is 4.18. The topological polar surface area (TPSA) is 56.5 Å². The van der Waals surface area contributed by atoms with Crippen LogP contribution < -0.4 is 4.74 Å². The maximum atomic E-state index is 9.30. The molecule has 0 saturated heterocycles. The van der Waals surface area contributed by atoms with E-state index in [9.17, 15) is 5.11 Å². The molecule has 1 aromatic rings. The summed E-state index contributed by atoms with van der Waals surface area (Å²) < 4.78 is 5.25. The fraction of sp³-hybridized carbons (Fsp3) is 0.462. The van der Waals surface area contributed by atoms with Gasteiger partial charge in [-0.05, 0) is 32.2 Å². The third-order valence-corrected chi connectivity index (χ3v) is 2.43. The second kappa shape index (κ2) is 6.24. The van der Waals surface area contributed by atoms with Gasteiger partial charge in [0.15, 0.2) is 0 Å². The number of ether oxygens (including phenoxy) is 1. The number of benzene rings is 1. The van der Waals surface area contributed by atoms with Gasteiger partial charge in [-0.15, -0.1) is 0 Å². The van der Waals surface area contributed by atoms with Crippen molar-refractivity contribution in [2.75, 3.05) is 20.7 Å². The number of likely N-dealkylation sites (N-methyl/N-ethyl adjacent to an activating group) is 1. The molecule has 1 rings (SSSR count). The molecule has 0 aromatic heterocycles. The standard InChI is InChI=1S/C13H18N2O2/c1-10(16)8-15(2)9-12-6-11(7-14)4-5-13(12)17-3/h4-6,10,16H,8-9H2,1-3H3. The number of nitriles is 1. The molecule has 0 aliphatic rings. The Morgan fingerprint density at radius 3 is 2.76 bits per heavy atom. The van der Waals surface area contributed by atoms with Crippen LogP contribution in [0.15, 0.2) is 18.2 Å². The molecule has 1 unspecified atom stereocenters. The fourth-order valence-corrected chi connectivity index (χ4v) is 1.78. The van der Waals surface area contributed by atoms with Crippen molar-refractivity contribution in [3.05, 3.63) is 29.3 Å². The molecule has 4 nitrogen and oxygen atoms in total. The predicted molar refractivity (Wildman–Crippen MR) is 65.7 cm³/mol. The SMILES string of the molecule is COc1ccc(C#N)cc1CN(C)CC(C)O. The van der Waals surface area contributed by atoms with E-state index in [1.54, 1.807) is 26.2 Å². The van der Waals surface area contributed by atoms with Gasteiger partial charge in [0.05, 0.1) is 24.8 Å². The molecule has 0 radical (unpaired) electrons. The van der Waals surface area contributed by atoms with E-state index in [2.05, 4.69) is 6.07 Å². The zero-order valence-electron chi connectivity index (χ0n) is 10.5. The minimum atomic E-state index is -0.370. The number of rotatable bonds is 5. The zero-order valence-corrected chi connectivity index (χ0v) is 10.5. The molecule has 17 heavy (non-hydrogen) atoms. The number of aliphatic hydroxyl groups excluding tert-OH is 1. The van der Waals surface area contributed by atoms with Crippen molar-refractivity contribution in [2.45, 2.75) is 19.6 Å². The molecule has 0 spiro atoms. The highest BCUT2D eigenvalue weighted by Gasteiger charge is 2.09. The molecule has 0 bridgehead atoms. The van der Waals surface area contributed by atoms with Crippen molar-refractivity contribution in [3.8, 4) is 11.8 Å². The summed E-state index contributed by atoms with van der Waals surface area (Å²) in [5, 5.41) is 18.2. The largest absolute Gasteiger partial charge is 0.496 e. The molecule has 4 heteroatoms. The van der Waals surface area contributed by atoms with Crippen molar-refractivity contribution >= 4 is 0 Å². The minimum absolute atomic E-state index is 0.370. The third-order valence-electron chi connectivity index (χ3n) is 2.43. The molecule has 1 N–H and O–H groups in total. The van der Waals surface area contributed by atoms with Gasteiger partial charge in [0.25, 0.3) is 0 Å². The summed E-state index contributed by atoms with van der Waals surface area (Å²) in [6.45, 7) is 2.98. The Morgan fingerprint density at radius 2 is 2.24 bits per heavy atom. The normalized spacial score (nSPS) is 12.2. The van der Waals surface area contributed by atoms with Crippen molar-refractivity contribution in [1.29, 1.82) is 5.26 Å². The van der Waals surface area contributed by atoms with E-state index in [4.69, 9.17) is 10.00 Å². The molecule has 0 amide bonds. The van der Waals surface area contributed by atoms with Crippen LogP contribution in [-0.2, 0) is 6.54 Å². The van der Waals surface area contributed by atoms with Crippen LogP contribution in [0.3, 0.4) is 0 Å². The summed E-state index contributed by atoms with van der Waals surface area (Å²) in [5.74, 6) is 0.765. The molecular weight excluding hydrogens is 216 g/mol. The summed E-state index contributed by atoms with van der Waals surface area (Å²) in [6, 6.07) is 7.45. The van der Waals surface area contributed by atoms with Gasteiger partial charge in [0, 0.05) is 18.7 Å². The average Bonchev–Trinajstić information content (AvgIpc) is 2.27. The Hall–Kier alpha value is -1.57. The van der Waals surface area contributed by atoms with Crippen molar-refractivity contribution in [3.63, 3.8) is 0 Å². The molecule has 0 saturated carbocycles.